The predicted molar refractivity (Wildman–Crippen MR) is 150 cm³/mol. The molecule has 1 aliphatic rings. The summed E-state index contributed by atoms with van der Waals surface area (Å²) in [6.45, 7) is 4.49. The van der Waals surface area contributed by atoms with Crippen molar-refractivity contribution in [1.82, 2.24) is 0 Å². The largest absolute Gasteiger partial charge is 0.206 e. The molecule has 0 radical (unpaired) electrons. The summed E-state index contributed by atoms with van der Waals surface area (Å²) < 4.78 is 15.0. The molecule has 0 N–H and O–H groups in total. The molecule has 0 heterocycles. The van der Waals surface area contributed by atoms with E-state index in [9.17, 15) is 0 Å². The highest BCUT2D eigenvalue weighted by molar-refractivity contribution is 5.88. The maximum Gasteiger partial charge on any atom is 0.134 e. The second-order valence-electron chi connectivity index (χ2n) is 11.0. The summed E-state index contributed by atoms with van der Waals surface area (Å²) in [4.78, 5) is 0. The van der Waals surface area contributed by atoms with E-state index < -0.39 is 0 Å². The van der Waals surface area contributed by atoms with Crippen molar-refractivity contribution in [2.24, 2.45) is 11.8 Å². The fourth-order valence-electron chi connectivity index (χ4n) is 6.00. The summed E-state index contributed by atoms with van der Waals surface area (Å²) in [5.74, 6) is 1.88. The third-order valence-electron chi connectivity index (χ3n) is 8.39. The van der Waals surface area contributed by atoms with Crippen LogP contribution in [-0.4, -0.2) is 0 Å². The minimum absolute atomic E-state index is 0.0320. The van der Waals surface area contributed by atoms with Crippen LogP contribution in [0.2, 0.25) is 0 Å². The minimum Gasteiger partial charge on any atom is -0.206 e. The summed E-state index contributed by atoms with van der Waals surface area (Å²) >= 11 is 0. The lowest BCUT2D eigenvalue weighted by atomic mass is 9.78. The number of fused-ring (bicyclic) bond motifs is 1. The van der Waals surface area contributed by atoms with Gasteiger partial charge in [0.05, 0.1) is 0 Å². The molecule has 0 unspecified atom stereocenters. The van der Waals surface area contributed by atoms with Crippen LogP contribution < -0.4 is 0 Å². The van der Waals surface area contributed by atoms with Crippen molar-refractivity contribution < 1.29 is 4.39 Å². The number of halogens is 1. The first-order valence-electron chi connectivity index (χ1n) is 14.5. The van der Waals surface area contributed by atoms with Gasteiger partial charge >= 0.3 is 0 Å². The zero-order valence-corrected chi connectivity index (χ0v) is 22.1. The number of unbranched alkanes of at least 4 members (excludes halogenated alkanes) is 4. The Morgan fingerprint density at radius 1 is 0.657 bits per heavy atom. The molecule has 188 valence electrons. The first-order valence-corrected chi connectivity index (χ1v) is 14.5. The maximum atomic E-state index is 15.0. The van der Waals surface area contributed by atoms with Crippen molar-refractivity contribution in [2.75, 3.05) is 0 Å². The lowest BCUT2D eigenvalue weighted by Crippen LogP contribution is -2.15. The van der Waals surface area contributed by atoms with Crippen molar-refractivity contribution in [3.05, 3.63) is 71.5 Å². The fourth-order valence-corrected chi connectivity index (χ4v) is 6.00. The maximum absolute atomic E-state index is 15.0. The van der Waals surface area contributed by atoms with E-state index in [0.29, 0.717) is 0 Å². The lowest BCUT2D eigenvalue weighted by Gasteiger charge is -2.28. The molecule has 1 aliphatic carbocycles. The van der Waals surface area contributed by atoms with Crippen LogP contribution in [0.25, 0.3) is 21.9 Å². The van der Waals surface area contributed by atoms with Crippen LogP contribution in [-0.2, 0) is 12.8 Å². The second-order valence-corrected chi connectivity index (χ2v) is 11.0. The molecule has 0 atom stereocenters. The Bertz CT molecular complexity index is 1040. The van der Waals surface area contributed by atoms with Gasteiger partial charge in [-0.3, -0.25) is 0 Å². The van der Waals surface area contributed by atoms with E-state index >= 15 is 4.39 Å². The Morgan fingerprint density at radius 3 is 2.03 bits per heavy atom. The van der Waals surface area contributed by atoms with Gasteiger partial charge in [-0.1, -0.05) is 127 Å². The normalized spacial score (nSPS) is 18.3. The molecule has 0 spiro atoms. The van der Waals surface area contributed by atoms with Gasteiger partial charge in [-0.15, -0.1) is 0 Å². The fraction of sp³-hybridized carbons (Fsp3) is 0.529. The molecule has 0 saturated heterocycles. The zero-order valence-electron chi connectivity index (χ0n) is 22.1. The van der Waals surface area contributed by atoms with Gasteiger partial charge in [0.2, 0.25) is 0 Å². The summed E-state index contributed by atoms with van der Waals surface area (Å²) in [6, 6.07) is 19.4. The highest BCUT2D eigenvalue weighted by Gasteiger charge is 2.20. The van der Waals surface area contributed by atoms with Crippen LogP contribution in [0.1, 0.15) is 102 Å². The van der Waals surface area contributed by atoms with Crippen molar-refractivity contribution in [2.45, 2.75) is 104 Å². The van der Waals surface area contributed by atoms with Crippen LogP contribution >= 0.6 is 0 Å². The molecule has 1 fully saturated rings. The first kappa shape index (κ1) is 25.9. The van der Waals surface area contributed by atoms with Gasteiger partial charge in [-0.05, 0) is 71.2 Å². The van der Waals surface area contributed by atoms with Gasteiger partial charge in [0.15, 0.2) is 0 Å². The smallest absolute Gasteiger partial charge is 0.134 e. The minimum atomic E-state index is -0.0320. The summed E-state index contributed by atoms with van der Waals surface area (Å²) in [5, 5.41) is 1.74. The Hall–Kier alpha value is -2.15. The average molecular weight is 473 g/mol. The van der Waals surface area contributed by atoms with E-state index in [1.165, 1.54) is 80.9 Å². The van der Waals surface area contributed by atoms with Gasteiger partial charge in [0, 0.05) is 5.39 Å². The molecule has 3 aromatic carbocycles. The molecule has 3 aromatic rings. The van der Waals surface area contributed by atoms with E-state index in [1.54, 1.807) is 0 Å². The van der Waals surface area contributed by atoms with Gasteiger partial charge in [0.1, 0.15) is 5.82 Å². The number of hydrogen-bond acceptors (Lipinski definition) is 0. The van der Waals surface area contributed by atoms with Gasteiger partial charge in [-0.2, -0.15) is 0 Å². The van der Waals surface area contributed by atoms with E-state index in [2.05, 4.69) is 56.3 Å². The standard InChI is InChI=1S/C34H45F/c1-3-5-7-9-26-11-13-27(14-12-26)15-16-28-17-19-29(20-18-28)31-23-24-33-32(25-31)22-21-30(34(33)35)10-8-6-4-2/h17-27H,3-16H2,1-2H3. The molecule has 0 bridgehead atoms. The van der Waals surface area contributed by atoms with E-state index in [0.717, 1.165) is 53.9 Å². The van der Waals surface area contributed by atoms with E-state index in [1.807, 2.05) is 12.1 Å². The van der Waals surface area contributed by atoms with Crippen molar-refractivity contribution in [3.8, 4) is 11.1 Å². The highest BCUT2D eigenvalue weighted by Crippen LogP contribution is 2.34. The molecule has 1 heteroatoms. The average Bonchev–Trinajstić information content (AvgIpc) is 2.90. The summed E-state index contributed by atoms with van der Waals surface area (Å²) in [6.07, 6.45) is 18.2. The molecule has 0 amide bonds. The van der Waals surface area contributed by atoms with Crippen molar-refractivity contribution >= 4 is 10.8 Å². The molecule has 4 rings (SSSR count). The summed E-state index contributed by atoms with van der Waals surface area (Å²) in [7, 11) is 0. The Balaban J connectivity index is 1.31. The summed E-state index contributed by atoms with van der Waals surface area (Å²) in [5.41, 5.74) is 4.69. The van der Waals surface area contributed by atoms with Crippen molar-refractivity contribution in [1.29, 1.82) is 0 Å². The molecular weight excluding hydrogens is 427 g/mol. The highest BCUT2D eigenvalue weighted by atomic mass is 19.1. The second kappa shape index (κ2) is 13.2. The van der Waals surface area contributed by atoms with Gasteiger partial charge in [-0.25, -0.2) is 4.39 Å². The van der Waals surface area contributed by atoms with Crippen LogP contribution in [0.4, 0.5) is 4.39 Å². The monoisotopic (exact) mass is 472 g/mol. The SMILES string of the molecule is CCCCCc1ccc2cc(-c3ccc(CCC4CCC(CCCCC)CC4)cc3)ccc2c1F. The van der Waals surface area contributed by atoms with Crippen LogP contribution in [0, 0.1) is 17.7 Å². The predicted octanol–water partition coefficient (Wildman–Crippen LogP) is 10.7. The first-order chi connectivity index (χ1) is 17.2. The van der Waals surface area contributed by atoms with Crippen LogP contribution in [0.3, 0.4) is 0 Å². The number of rotatable bonds is 12. The third kappa shape index (κ3) is 7.18. The number of benzene rings is 3. The quantitative estimate of drug-likeness (QED) is 0.230. The molecule has 0 nitrogen and oxygen atoms in total. The van der Waals surface area contributed by atoms with Crippen molar-refractivity contribution in [3.63, 3.8) is 0 Å². The van der Waals surface area contributed by atoms with E-state index in [4.69, 9.17) is 0 Å². The number of hydrogen-bond donors (Lipinski definition) is 0. The Labute approximate surface area is 213 Å². The molecule has 35 heavy (non-hydrogen) atoms. The van der Waals surface area contributed by atoms with E-state index in [-0.39, 0.29) is 5.82 Å². The Morgan fingerprint density at radius 2 is 1.31 bits per heavy atom. The van der Waals surface area contributed by atoms with Crippen LogP contribution in [0.15, 0.2) is 54.6 Å². The van der Waals surface area contributed by atoms with Gasteiger partial charge in [0.25, 0.3) is 0 Å². The Kier molecular flexibility index (Phi) is 9.81. The zero-order chi connectivity index (χ0) is 24.5. The molecule has 0 aromatic heterocycles. The number of aryl methyl sites for hydroxylation is 2. The third-order valence-corrected chi connectivity index (χ3v) is 8.39. The van der Waals surface area contributed by atoms with Gasteiger partial charge < -0.3 is 0 Å². The lowest BCUT2D eigenvalue weighted by molar-refractivity contribution is 0.249. The molecular formula is C34H45F. The molecule has 1 saturated carbocycles. The topological polar surface area (TPSA) is 0 Å². The molecule has 0 aliphatic heterocycles. The van der Waals surface area contributed by atoms with Crippen LogP contribution in [0.5, 0.6) is 0 Å².